The number of hydrogen-bond acceptors (Lipinski definition) is 7. The number of rotatable bonds is 4. The number of hydrogen-bond donors (Lipinski definition) is 1. The van der Waals surface area contributed by atoms with Gasteiger partial charge in [-0.25, -0.2) is 8.42 Å². The quantitative estimate of drug-likeness (QED) is 0.834. The fraction of sp³-hybridized carbons (Fsp3) is 0.643. The first-order valence-electron chi connectivity index (χ1n) is 7.82. The van der Waals surface area contributed by atoms with Crippen LogP contribution in [-0.2, 0) is 22.7 Å². The molecule has 1 atom stereocenters. The van der Waals surface area contributed by atoms with Gasteiger partial charge in [0, 0.05) is 25.9 Å². The predicted octanol–water partition coefficient (Wildman–Crippen LogP) is 1.17. The maximum absolute atomic E-state index is 12.9. The summed E-state index contributed by atoms with van der Waals surface area (Å²) in [4.78, 5) is 4.15. The highest BCUT2D eigenvalue weighted by atomic mass is 35.5. The Bertz CT molecular complexity index is 906. The van der Waals surface area contributed by atoms with Crippen LogP contribution in [0.5, 0.6) is 0 Å². The summed E-state index contributed by atoms with van der Waals surface area (Å²) in [5.41, 5.74) is -1.21. The van der Waals surface area contributed by atoms with Gasteiger partial charge in [0.15, 0.2) is 11.4 Å². The molecule has 1 aliphatic rings. The molecule has 11 heteroatoms. The van der Waals surface area contributed by atoms with Crippen LogP contribution in [0, 0.1) is 6.92 Å². The second-order valence-electron chi connectivity index (χ2n) is 6.56. The number of sulfonamides is 1. The van der Waals surface area contributed by atoms with Crippen LogP contribution in [-0.4, -0.2) is 50.8 Å². The molecule has 0 aliphatic carbocycles. The zero-order valence-corrected chi connectivity index (χ0v) is 16.0. The van der Waals surface area contributed by atoms with E-state index in [0.29, 0.717) is 11.5 Å². The number of aliphatic hydroxyl groups is 1. The third kappa shape index (κ3) is 2.97. The molecule has 9 nitrogen and oxygen atoms in total. The van der Waals surface area contributed by atoms with E-state index >= 15 is 0 Å². The Labute approximate surface area is 150 Å². The molecule has 1 fully saturated rings. The molecule has 1 aliphatic heterocycles. The summed E-state index contributed by atoms with van der Waals surface area (Å²) in [6, 6.07) is 0. The van der Waals surface area contributed by atoms with Crippen molar-refractivity contribution < 1.29 is 18.0 Å². The SMILES string of the molecule is Cc1nn(C)c(Cl)c1S(=O)(=O)N1CC[C@](O)(c2nc(C(C)C)no2)C1. The van der Waals surface area contributed by atoms with E-state index in [9.17, 15) is 13.5 Å². The van der Waals surface area contributed by atoms with Gasteiger partial charge in [-0.3, -0.25) is 4.68 Å². The maximum Gasteiger partial charge on any atom is 0.260 e. The molecule has 2 aromatic heterocycles. The van der Waals surface area contributed by atoms with Crippen molar-refractivity contribution in [3.05, 3.63) is 22.6 Å². The zero-order chi connectivity index (χ0) is 18.6. The first-order chi connectivity index (χ1) is 11.6. The van der Waals surface area contributed by atoms with Crippen molar-refractivity contribution in [3.63, 3.8) is 0 Å². The average Bonchev–Trinajstić information content (AvgIpc) is 3.19. The van der Waals surface area contributed by atoms with Gasteiger partial charge in [-0.05, 0) is 6.92 Å². The summed E-state index contributed by atoms with van der Waals surface area (Å²) in [5.74, 6) is 0.540. The second-order valence-corrected chi connectivity index (χ2v) is 8.79. The van der Waals surface area contributed by atoms with Crippen molar-refractivity contribution in [1.29, 1.82) is 0 Å². The number of β-amino-alcohol motifs (C(OH)–C–C–N with tert-alkyl or cyclic N) is 1. The first-order valence-corrected chi connectivity index (χ1v) is 9.64. The lowest BCUT2D eigenvalue weighted by Crippen LogP contribution is -2.35. The monoisotopic (exact) mass is 389 g/mol. The highest BCUT2D eigenvalue weighted by molar-refractivity contribution is 7.89. The zero-order valence-electron chi connectivity index (χ0n) is 14.4. The van der Waals surface area contributed by atoms with Crippen LogP contribution >= 0.6 is 11.6 Å². The van der Waals surface area contributed by atoms with Crippen LogP contribution < -0.4 is 0 Å². The van der Waals surface area contributed by atoms with E-state index in [-0.39, 0.29) is 41.4 Å². The molecule has 0 spiro atoms. The molecule has 0 unspecified atom stereocenters. The Morgan fingerprint density at radius 3 is 2.60 bits per heavy atom. The minimum Gasteiger partial charge on any atom is -0.379 e. The molecule has 25 heavy (non-hydrogen) atoms. The van der Waals surface area contributed by atoms with Gasteiger partial charge in [0.25, 0.3) is 5.89 Å². The fourth-order valence-corrected chi connectivity index (χ4v) is 5.03. The molecular formula is C14H20ClN5O4S. The Morgan fingerprint density at radius 1 is 1.40 bits per heavy atom. The van der Waals surface area contributed by atoms with Gasteiger partial charge in [0.1, 0.15) is 10.0 Å². The van der Waals surface area contributed by atoms with Crippen LogP contribution in [0.1, 0.15) is 43.6 Å². The number of halogens is 1. The molecule has 2 aromatic rings. The minimum absolute atomic E-state index is 0.0305. The largest absolute Gasteiger partial charge is 0.379 e. The van der Waals surface area contributed by atoms with Crippen LogP contribution in [0.25, 0.3) is 0 Å². The van der Waals surface area contributed by atoms with Crippen LogP contribution in [0.15, 0.2) is 9.42 Å². The van der Waals surface area contributed by atoms with Crippen molar-refractivity contribution in [2.75, 3.05) is 13.1 Å². The van der Waals surface area contributed by atoms with Crippen molar-refractivity contribution >= 4 is 21.6 Å². The van der Waals surface area contributed by atoms with E-state index in [2.05, 4.69) is 15.2 Å². The highest BCUT2D eigenvalue weighted by Crippen LogP contribution is 2.36. The Hall–Kier alpha value is -1.49. The molecule has 0 saturated carbocycles. The summed E-state index contributed by atoms with van der Waals surface area (Å²) < 4.78 is 33.5. The normalized spacial score (nSPS) is 22.2. The van der Waals surface area contributed by atoms with E-state index in [1.54, 1.807) is 14.0 Å². The smallest absolute Gasteiger partial charge is 0.260 e. The van der Waals surface area contributed by atoms with Crippen molar-refractivity contribution in [2.45, 2.75) is 43.6 Å². The molecule has 0 bridgehead atoms. The Kier molecular flexibility index (Phi) is 4.43. The maximum atomic E-state index is 12.9. The third-order valence-corrected chi connectivity index (χ3v) is 6.81. The van der Waals surface area contributed by atoms with E-state index < -0.39 is 15.6 Å². The number of nitrogens with zero attached hydrogens (tertiary/aromatic N) is 5. The lowest BCUT2D eigenvalue weighted by Gasteiger charge is -2.19. The van der Waals surface area contributed by atoms with Crippen LogP contribution in [0.4, 0.5) is 0 Å². The van der Waals surface area contributed by atoms with Gasteiger partial charge < -0.3 is 9.63 Å². The highest BCUT2D eigenvalue weighted by Gasteiger charge is 2.48. The summed E-state index contributed by atoms with van der Waals surface area (Å²) >= 11 is 6.09. The van der Waals surface area contributed by atoms with Crippen LogP contribution in [0.2, 0.25) is 5.15 Å². The molecule has 0 amide bonds. The molecule has 1 saturated heterocycles. The van der Waals surface area contributed by atoms with Crippen molar-refractivity contribution in [1.82, 2.24) is 24.2 Å². The summed E-state index contributed by atoms with van der Waals surface area (Å²) in [5, 5.41) is 18.7. The number of aromatic nitrogens is 4. The molecule has 0 aromatic carbocycles. The van der Waals surface area contributed by atoms with Crippen molar-refractivity contribution in [3.8, 4) is 0 Å². The first kappa shape index (κ1) is 18.3. The van der Waals surface area contributed by atoms with Gasteiger partial charge in [-0.1, -0.05) is 30.6 Å². The Balaban J connectivity index is 1.91. The topological polar surface area (TPSA) is 114 Å². The molecule has 3 rings (SSSR count). The van der Waals surface area contributed by atoms with E-state index in [1.165, 1.54) is 8.99 Å². The molecule has 3 heterocycles. The summed E-state index contributed by atoms with van der Waals surface area (Å²) in [6.07, 6.45) is 0.156. The van der Waals surface area contributed by atoms with Gasteiger partial charge in [0.05, 0.1) is 12.2 Å². The fourth-order valence-electron chi connectivity index (χ4n) is 2.83. The summed E-state index contributed by atoms with van der Waals surface area (Å²) in [7, 11) is -2.33. The summed E-state index contributed by atoms with van der Waals surface area (Å²) in [6.45, 7) is 5.31. The lowest BCUT2D eigenvalue weighted by atomic mass is 10.0. The predicted molar refractivity (Wildman–Crippen MR) is 88.6 cm³/mol. The van der Waals surface area contributed by atoms with Gasteiger partial charge in [0.2, 0.25) is 10.0 Å². The Morgan fingerprint density at radius 2 is 2.08 bits per heavy atom. The molecule has 138 valence electrons. The third-order valence-electron chi connectivity index (χ3n) is 4.27. The van der Waals surface area contributed by atoms with Gasteiger partial charge in [-0.15, -0.1) is 0 Å². The molecule has 1 N–H and O–H groups in total. The minimum atomic E-state index is -3.90. The van der Waals surface area contributed by atoms with Crippen molar-refractivity contribution in [2.24, 2.45) is 7.05 Å². The van der Waals surface area contributed by atoms with Gasteiger partial charge in [-0.2, -0.15) is 14.4 Å². The lowest BCUT2D eigenvalue weighted by molar-refractivity contribution is 0.0194. The van der Waals surface area contributed by atoms with E-state index in [0.717, 1.165) is 0 Å². The van der Waals surface area contributed by atoms with Crippen LogP contribution in [0.3, 0.4) is 0 Å². The average molecular weight is 390 g/mol. The second kappa shape index (κ2) is 6.04. The van der Waals surface area contributed by atoms with E-state index in [1.807, 2.05) is 13.8 Å². The standard InChI is InChI=1S/C14H20ClN5O4S/c1-8(2)12-16-13(24-18-12)14(21)5-6-20(7-14)25(22,23)10-9(3)17-19(4)11(10)15/h8,21H,5-7H2,1-4H3/t14-/m1/s1. The van der Waals surface area contributed by atoms with Gasteiger partial charge >= 0.3 is 0 Å². The number of aryl methyl sites for hydroxylation is 2. The van der Waals surface area contributed by atoms with E-state index in [4.69, 9.17) is 16.1 Å². The molecular weight excluding hydrogens is 370 g/mol. The molecule has 0 radical (unpaired) electrons.